The van der Waals surface area contributed by atoms with E-state index >= 15 is 0 Å². The summed E-state index contributed by atoms with van der Waals surface area (Å²) in [6, 6.07) is 15.4. The van der Waals surface area contributed by atoms with E-state index in [1.807, 2.05) is 47.4 Å². The van der Waals surface area contributed by atoms with Gasteiger partial charge in [0.1, 0.15) is 0 Å². The lowest BCUT2D eigenvalue weighted by atomic mass is 10.2. The van der Waals surface area contributed by atoms with Crippen LogP contribution in [0.4, 0.5) is 0 Å². The van der Waals surface area contributed by atoms with Crippen molar-refractivity contribution in [2.75, 3.05) is 13.2 Å². The second-order valence-corrected chi connectivity index (χ2v) is 5.60. The molecule has 0 spiro atoms. The van der Waals surface area contributed by atoms with Gasteiger partial charge in [-0.15, -0.1) is 0 Å². The van der Waals surface area contributed by atoms with E-state index in [-0.39, 0.29) is 12.5 Å². The fourth-order valence-corrected chi connectivity index (χ4v) is 2.55. The summed E-state index contributed by atoms with van der Waals surface area (Å²) in [6.45, 7) is 3.43. The number of rotatable bonds is 8. The molecule has 6 heteroatoms. The van der Waals surface area contributed by atoms with Crippen LogP contribution in [0.1, 0.15) is 18.2 Å². The highest BCUT2D eigenvalue weighted by molar-refractivity contribution is 5.71. The van der Waals surface area contributed by atoms with Crippen LogP contribution in [0.15, 0.2) is 63.7 Å². The Hall–Kier alpha value is -2.86. The van der Waals surface area contributed by atoms with Crippen LogP contribution in [0, 0.1) is 0 Å². The number of furan rings is 1. The summed E-state index contributed by atoms with van der Waals surface area (Å²) < 4.78 is 15.7. The predicted molar refractivity (Wildman–Crippen MR) is 91.4 cm³/mol. The molecule has 6 nitrogen and oxygen atoms in total. The van der Waals surface area contributed by atoms with Gasteiger partial charge in [-0.05, 0) is 24.6 Å². The highest BCUT2D eigenvalue weighted by Crippen LogP contribution is 2.21. The van der Waals surface area contributed by atoms with Gasteiger partial charge in [-0.2, -0.15) is 0 Å². The van der Waals surface area contributed by atoms with Crippen molar-refractivity contribution in [3.63, 3.8) is 0 Å². The fourth-order valence-electron chi connectivity index (χ4n) is 2.55. The van der Waals surface area contributed by atoms with Gasteiger partial charge in [0.05, 0.1) is 25.1 Å². The van der Waals surface area contributed by atoms with Crippen LogP contribution in [-0.2, 0) is 22.6 Å². The van der Waals surface area contributed by atoms with Crippen LogP contribution in [0.2, 0.25) is 0 Å². The molecular weight excluding hydrogens is 320 g/mol. The van der Waals surface area contributed by atoms with Crippen LogP contribution in [0.5, 0.6) is 0 Å². The third-order valence-electron chi connectivity index (χ3n) is 3.62. The largest absolute Gasteiger partial charge is 0.465 e. The van der Waals surface area contributed by atoms with Gasteiger partial charge in [0, 0.05) is 19.2 Å². The predicted octanol–water partition coefficient (Wildman–Crippen LogP) is 3.50. The van der Waals surface area contributed by atoms with Crippen molar-refractivity contribution in [2.24, 2.45) is 0 Å². The average Bonchev–Trinajstić information content (AvgIpc) is 3.27. The molecule has 2 heterocycles. The van der Waals surface area contributed by atoms with Crippen molar-refractivity contribution in [1.29, 1.82) is 0 Å². The highest BCUT2D eigenvalue weighted by Gasteiger charge is 2.16. The number of hydrogen-bond acceptors (Lipinski definition) is 6. The van der Waals surface area contributed by atoms with Gasteiger partial charge in [0.2, 0.25) is 5.76 Å². The number of esters is 1. The number of benzene rings is 1. The minimum atomic E-state index is -0.256. The van der Waals surface area contributed by atoms with Crippen molar-refractivity contribution in [2.45, 2.75) is 20.0 Å². The summed E-state index contributed by atoms with van der Waals surface area (Å²) in [5, 5.41) is 4.08. The summed E-state index contributed by atoms with van der Waals surface area (Å²) in [5.74, 6) is 0.933. The van der Waals surface area contributed by atoms with Gasteiger partial charge in [-0.3, -0.25) is 9.69 Å². The molecule has 130 valence electrons. The Morgan fingerprint density at radius 1 is 1.12 bits per heavy atom. The maximum Gasteiger partial charge on any atom is 0.320 e. The molecule has 0 amide bonds. The van der Waals surface area contributed by atoms with E-state index < -0.39 is 0 Å². The van der Waals surface area contributed by atoms with Gasteiger partial charge >= 0.3 is 5.97 Å². The number of carbonyl (C=O) groups excluding carboxylic acids is 1. The topological polar surface area (TPSA) is 68.7 Å². The second kappa shape index (κ2) is 8.30. The van der Waals surface area contributed by atoms with Crippen molar-refractivity contribution in [3.8, 4) is 11.5 Å². The van der Waals surface area contributed by atoms with E-state index in [9.17, 15) is 4.79 Å². The Labute approximate surface area is 146 Å². The van der Waals surface area contributed by atoms with Crippen LogP contribution in [0.25, 0.3) is 11.5 Å². The van der Waals surface area contributed by atoms with Gasteiger partial charge in [0.25, 0.3) is 0 Å². The van der Waals surface area contributed by atoms with Crippen LogP contribution < -0.4 is 0 Å². The third kappa shape index (κ3) is 4.81. The van der Waals surface area contributed by atoms with Gasteiger partial charge in [-0.25, -0.2) is 0 Å². The van der Waals surface area contributed by atoms with E-state index in [1.165, 1.54) is 0 Å². The summed E-state index contributed by atoms with van der Waals surface area (Å²) in [4.78, 5) is 13.9. The van der Waals surface area contributed by atoms with Crippen molar-refractivity contribution < 1.29 is 18.5 Å². The number of ether oxygens (including phenoxy) is 1. The molecule has 3 aromatic rings. The van der Waals surface area contributed by atoms with E-state index in [2.05, 4.69) is 5.16 Å². The van der Waals surface area contributed by atoms with E-state index in [4.69, 9.17) is 13.7 Å². The zero-order valence-electron chi connectivity index (χ0n) is 14.1. The molecule has 0 saturated heterocycles. The lowest BCUT2D eigenvalue weighted by Gasteiger charge is -2.20. The lowest BCUT2D eigenvalue weighted by molar-refractivity contribution is -0.144. The molecule has 0 saturated carbocycles. The standard InChI is InChI=1S/C19H20N2O4/c1-2-23-19(22)14-21(12-15-7-4-3-5-8-15)13-16-11-18(25-20-16)17-9-6-10-24-17/h3-11H,2,12-14H2,1H3. The molecule has 0 radical (unpaired) electrons. The number of carbonyl (C=O) groups is 1. The molecule has 0 bridgehead atoms. The lowest BCUT2D eigenvalue weighted by Crippen LogP contribution is -2.30. The zero-order chi connectivity index (χ0) is 17.5. The van der Waals surface area contributed by atoms with E-state index in [0.717, 1.165) is 11.3 Å². The van der Waals surface area contributed by atoms with Crippen molar-refractivity contribution in [3.05, 3.63) is 66.1 Å². The first-order valence-corrected chi connectivity index (χ1v) is 8.16. The Kier molecular flexibility index (Phi) is 5.64. The summed E-state index contributed by atoms with van der Waals surface area (Å²) in [6.07, 6.45) is 1.58. The second-order valence-electron chi connectivity index (χ2n) is 5.60. The smallest absolute Gasteiger partial charge is 0.320 e. The molecule has 0 unspecified atom stereocenters. The van der Waals surface area contributed by atoms with Crippen molar-refractivity contribution >= 4 is 5.97 Å². The number of aromatic nitrogens is 1. The molecule has 0 atom stereocenters. The first-order chi connectivity index (χ1) is 12.2. The molecule has 25 heavy (non-hydrogen) atoms. The van der Waals surface area contributed by atoms with E-state index in [1.54, 1.807) is 19.3 Å². The Balaban J connectivity index is 1.71. The van der Waals surface area contributed by atoms with Crippen LogP contribution in [-0.4, -0.2) is 29.2 Å². The molecule has 0 fully saturated rings. The van der Waals surface area contributed by atoms with Gasteiger partial charge in [-0.1, -0.05) is 35.5 Å². The summed E-state index contributed by atoms with van der Waals surface area (Å²) >= 11 is 0. The molecule has 0 N–H and O–H groups in total. The maximum atomic E-state index is 11.9. The number of nitrogens with zero attached hydrogens (tertiary/aromatic N) is 2. The Morgan fingerprint density at radius 3 is 2.68 bits per heavy atom. The SMILES string of the molecule is CCOC(=O)CN(Cc1ccccc1)Cc1cc(-c2ccco2)on1. The van der Waals surface area contributed by atoms with Crippen molar-refractivity contribution in [1.82, 2.24) is 10.1 Å². The minimum absolute atomic E-state index is 0.186. The normalized spacial score (nSPS) is 11.0. The monoisotopic (exact) mass is 340 g/mol. The quantitative estimate of drug-likeness (QED) is 0.585. The minimum Gasteiger partial charge on any atom is -0.465 e. The molecule has 1 aromatic carbocycles. The first kappa shape index (κ1) is 17.0. The molecule has 0 aliphatic rings. The molecule has 3 rings (SSSR count). The molecule has 0 aliphatic carbocycles. The zero-order valence-corrected chi connectivity index (χ0v) is 14.1. The first-order valence-electron chi connectivity index (χ1n) is 8.16. The number of hydrogen-bond donors (Lipinski definition) is 0. The highest BCUT2D eigenvalue weighted by atomic mass is 16.5. The van der Waals surface area contributed by atoms with Crippen LogP contribution in [0.3, 0.4) is 0 Å². The fraction of sp³-hybridized carbons (Fsp3) is 0.263. The van der Waals surface area contributed by atoms with Crippen LogP contribution >= 0.6 is 0 Å². The Morgan fingerprint density at radius 2 is 1.96 bits per heavy atom. The van der Waals surface area contributed by atoms with E-state index in [0.29, 0.717) is 31.2 Å². The third-order valence-corrected chi connectivity index (χ3v) is 3.62. The Bertz CT molecular complexity index is 781. The van der Waals surface area contributed by atoms with Gasteiger partial charge in [0.15, 0.2) is 5.76 Å². The molecule has 0 aliphatic heterocycles. The van der Waals surface area contributed by atoms with Gasteiger partial charge < -0.3 is 13.7 Å². The molecule has 2 aromatic heterocycles. The molecular formula is C19H20N2O4. The maximum absolute atomic E-state index is 11.9. The summed E-state index contributed by atoms with van der Waals surface area (Å²) in [7, 11) is 0. The summed E-state index contributed by atoms with van der Waals surface area (Å²) in [5.41, 5.74) is 1.84. The average molecular weight is 340 g/mol.